The zero-order valence-corrected chi connectivity index (χ0v) is 14.3. The van der Waals surface area contributed by atoms with Gasteiger partial charge in [-0.2, -0.15) is 0 Å². The van der Waals surface area contributed by atoms with Crippen molar-refractivity contribution in [1.82, 2.24) is 9.55 Å². The van der Waals surface area contributed by atoms with Crippen LogP contribution in [0.25, 0.3) is 20.7 Å². The molecule has 3 nitrogen and oxygen atoms in total. The summed E-state index contributed by atoms with van der Waals surface area (Å²) in [4.78, 5) is 20.8. The van der Waals surface area contributed by atoms with Crippen molar-refractivity contribution in [2.45, 2.75) is 33.2 Å². The van der Waals surface area contributed by atoms with Gasteiger partial charge >= 0.3 is 0 Å². The number of thiophene rings is 2. The van der Waals surface area contributed by atoms with Gasteiger partial charge in [-0.15, -0.1) is 29.1 Å². The van der Waals surface area contributed by atoms with Crippen LogP contribution in [0.4, 0.5) is 0 Å². The Morgan fingerprint density at radius 3 is 2.82 bits per heavy atom. The van der Waals surface area contributed by atoms with E-state index in [4.69, 9.17) is 11.4 Å². The molecule has 0 aromatic carbocycles. The summed E-state index contributed by atoms with van der Waals surface area (Å²) in [5.74, 6) is 3.48. The van der Waals surface area contributed by atoms with Gasteiger partial charge in [0.25, 0.3) is 5.56 Å². The lowest BCUT2D eigenvalue weighted by molar-refractivity contribution is 0.651. The van der Waals surface area contributed by atoms with Crippen molar-refractivity contribution >= 4 is 32.9 Å². The lowest BCUT2D eigenvalue weighted by atomic mass is 10.1. The van der Waals surface area contributed by atoms with E-state index in [0.717, 1.165) is 26.0 Å². The molecule has 3 rings (SSSR count). The molecular weight excluding hydrogens is 312 g/mol. The number of nitrogens with zero attached hydrogens (tertiary/aromatic N) is 2. The Balaban J connectivity index is 2.43. The fraction of sp³-hybridized carbons (Fsp3) is 0.294. The predicted molar refractivity (Wildman–Crippen MR) is 94.9 cm³/mol. The number of aromatic nitrogens is 2. The summed E-state index contributed by atoms with van der Waals surface area (Å²) in [5, 5.41) is 2.72. The van der Waals surface area contributed by atoms with Crippen LogP contribution in [0, 0.1) is 19.3 Å². The standard InChI is InChI=1S/C17H16N2OS2/c1-5-8-19-15(10(2)3)18-16-14(17(19)20)13(11(4)22-16)12-7-6-9-21-12/h1,6-7,9-10H,8H2,2-4H3. The third-order valence-electron chi connectivity index (χ3n) is 3.55. The van der Waals surface area contributed by atoms with E-state index >= 15 is 0 Å². The first-order valence-electron chi connectivity index (χ1n) is 7.05. The topological polar surface area (TPSA) is 34.9 Å². The van der Waals surface area contributed by atoms with Crippen molar-refractivity contribution in [2.75, 3.05) is 0 Å². The minimum absolute atomic E-state index is 0.0283. The molecule has 0 unspecified atom stereocenters. The zero-order chi connectivity index (χ0) is 15.9. The van der Waals surface area contributed by atoms with E-state index < -0.39 is 0 Å². The number of fused-ring (bicyclic) bond motifs is 1. The van der Waals surface area contributed by atoms with Crippen LogP contribution < -0.4 is 5.56 Å². The van der Waals surface area contributed by atoms with Crippen LogP contribution in [0.5, 0.6) is 0 Å². The van der Waals surface area contributed by atoms with Gasteiger partial charge < -0.3 is 0 Å². The third kappa shape index (κ3) is 2.29. The normalized spacial score (nSPS) is 11.2. The highest BCUT2D eigenvalue weighted by atomic mass is 32.1. The molecule has 3 aromatic rings. The molecule has 0 aliphatic heterocycles. The molecule has 0 saturated heterocycles. The van der Waals surface area contributed by atoms with Crippen molar-refractivity contribution in [1.29, 1.82) is 0 Å². The van der Waals surface area contributed by atoms with E-state index in [2.05, 4.69) is 5.92 Å². The summed E-state index contributed by atoms with van der Waals surface area (Å²) in [6.45, 7) is 6.36. The lowest BCUT2D eigenvalue weighted by Gasteiger charge is -2.12. The Kier molecular flexibility index (Phi) is 3.90. The first kappa shape index (κ1) is 15.0. The molecule has 0 saturated carbocycles. The van der Waals surface area contributed by atoms with Crippen LogP contribution >= 0.6 is 22.7 Å². The fourth-order valence-corrected chi connectivity index (χ4v) is 4.55. The van der Waals surface area contributed by atoms with E-state index in [1.54, 1.807) is 27.2 Å². The van der Waals surface area contributed by atoms with Crippen LogP contribution in [-0.4, -0.2) is 9.55 Å². The molecule has 0 radical (unpaired) electrons. The van der Waals surface area contributed by atoms with Crippen LogP contribution in [0.1, 0.15) is 30.5 Å². The summed E-state index contributed by atoms with van der Waals surface area (Å²) >= 11 is 3.22. The predicted octanol–water partition coefficient (Wildman–Crippen LogP) is 4.25. The van der Waals surface area contributed by atoms with Crippen molar-refractivity contribution in [2.24, 2.45) is 0 Å². The molecule has 0 aliphatic carbocycles. The van der Waals surface area contributed by atoms with Gasteiger partial charge in [-0.3, -0.25) is 9.36 Å². The van der Waals surface area contributed by atoms with Gasteiger partial charge in [-0.05, 0) is 18.4 Å². The zero-order valence-electron chi connectivity index (χ0n) is 12.7. The molecule has 0 bridgehead atoms. The monoisotopic (exact) mass is 328 g/mol. The SMILES string of the molecule is C#CCn1c(C(C)C)nc2sc(C)c(-c3cccs3)c2c1=O. The molecule has 0 spiro atoms. The Labute approximate surface area is 137 Å². The smallest absolute Gasteiger partial charge is 0.263 e. The van der Waals surface area contributed by atoms with Crippen molar-refractivity contribution in [3.05, 3.63) is 38.6 Å². The molecule has 0 amide bonds. The summed E-state index contributed by atoms with van der Waals surface area (Å²) < 4.78 is 1.64. The number of aryl methyl sites for hydroxylation is 1. The molecule has 112 valence electrons. The quantitative estimate of drug-likeness (QED) is 0.674. The molecule has 3 aromatic heterocycles. The number of terminal acetylenes is 1. The van der Waals surface area contributed by atoms with Gasteiger partial charge in [-0.1, -0.05) is 25.8 Å². The van der Waals surface area contributed by atoms with Gasteiger partial charge in [0.15, 0.2) is 0 Å². The Bertz CT molecular complexity index is 924. The number of hydrogen-bond acceptors (Lipinski definition) is 4. The summed E-state index contributed by atoms with van der Waals surface area (Å²) in [7, 11) is 0. The van der Waals surface area contributed by atoms with Crippen LogP contribution in [0.3, 0.4) is 0 Å². The fourth-order valence-electron chi connectivity index (χ4n) is 2.61. The highest BCUT2D eigenvalue weighted by Gasteiger charge is 2.20. The second kappa shape index (κ2) is 5.71. The molecule has 22 heavy (non-hydrogen) atoms. The van der Waals surface area contributed by atoms with Crippen molar-refractivity contribution < 1.29 is 0 Å². The van der Waals surface area contributed by atoms with E-state index in [1.807, 2.05) is 38.3 Å². The van der Waals surface area contributed by atoms with E-state index in [1.165, 1.54) is 0 Å². The average Bonchev–Trinajstić information content (AvgIpc) is 3.08. The van der Waals surface area contributed by atoms with Crippen LogP contribution in [0.2, 0.25) is 0 Å². The molecule has 5 heteroatoms. The number of rotatable bonds is 3. The second-order valence-electron chi connectivity index (χ2n) is 5.41. The molecule has 0 N–H and O–H groups in total. The highest BCUT2D eigenvalue weighted by molar-refractivity contribution is 7.20. The van der Waals surface area contributed by atoms with Gasteiger partial charge in [-0.25, -0.2) is 4.98 Å². The van der Waals surface area contributed by atoms with Gasteiger partial charge in [0.1, 0.15) is 10.7 Å². The first-order chi connectivity index (χ1) is 10.5. The summed E-state index contributed by atoms with van der Waals surface area (Å²) in [6, 6.07) is 4.04. The first-order valence-corrected chi connectivity index (χ1v) is 8.75. The maximum Gasteiger partial charge on any atom is 0.263 e. The molecule has 3 heterocycles. The maximum atomic E-state index is 13.0. The maximum absolute atomic E-state index is 13.0. The Morgan fingerprint density at radius 2 is 2.23 bits per heavy atom. The molecular formula is C17H16N2OS2. The minimum Gasteiger partial charge on any atom is -0.284 e. The highest BCUT2D eigenvalue weighted by Crippen LogP contribution is 2.38. The Morgan fingerprint density at radius 1 is 1.45 bits per heavy atom. The molecule has 0 atom stereocenters. The largest absolute Gasteiger partial charge is 0.284 e. The van der Waals surface area contributed by atoms with Crippen molar-refractivity contribution in [3.63, 3.8) is 0 Å². The minimum atomic E-state index is -0.0283. The van der Waals surface area contributed by atoms with E-state index in [0.29, 0.717) is 5.39 Å². The molecule has 0 fully saturated rings. The van der Waals surface area contributed by atoms with Gasteiger partial charge in [0.05, 0.1) is 11.9 Å². The van der Waals surface area contributed by atoms with Crippen molar-refractivity contribution in [3.8, 4) is 22.8 Å². The Hall–Kier alpha value is -1.90. The summed E-state index contributed by atoms with van der Waals surface area (Å²) in [6.07, 6.45) is 5.45. The molecule has 0 aliphatic rings. The lowest BCUT2D eigenvalue weighted by Crippen LogP contribution is -2.25. The van der Waals surface area contributed by atoms with Gasteiger partial charge in [0.2, 0.25) is 0 Å². The third-order valence-corrected chi connectivity index (χ3v) is 5.44. The summed E-state index contributed by atoms with van der Waals surface area (Å²) in [5.41, 5.74) is 0.980. The van der Waals surface area contributed by atoms with E-state index in [-0.39, 0.29) is 18.0 Å². The van der Waals surface area contributed by atoms with Gasteiger partial charge in [0, 0.05) is 21.2 Å². The second-order valence-corrected chi connectivity index (χ2v) is 7.56. The van der Waals surface area contributed by atoms with Crippen LogP contribution in [-0.2, 0) is 6.54 Å². The average molecular weight is 328 g/mol. The van der Waals surface area contributed by atoms with E-state index in [9.17, 15) is 4.79 Å². The number of hydrogen-bond donors (Lipinski definition) is 0. The van der Waals surface area contributed by atoms with Crippen LogP contribution in [0.15, 0.2) is 22.3 Å².